The van der Waals surface area contributed by atoms with Gasteiger partial charge in [0.05, 0.1) is 5.92 Å². The summed E-state index contributed by atoms with van der Waals surface area (Å²) in [6, 6.07) is 7.83. The molecule has 1 aliphatic carbocycles. The fraction of sp³-hybridized carbons (Fsp3) is 0.154. The molecule has 3 nitrogen and oxygen atoms in total. The molecule has 0 amide bonds. The van der Waals surface area contributed by atoms with Crippen molar-refractivity contribution in [2.45, 2.75) is 12.3 Å². The first-order valence-electron chi connectivity index (χ1n) is 5.27. The predicted molar refractivity (Wildman–Crippen MR) is 62.3 cm³/mol. The Hall–Kier alpha value is -2.03. The number of aromatic nitrogens is 1. The summed E-state index contributed by atoms with van der Waals surface area (Å²) in [6.45, 7) is 0. The highest BCUT2D eigenvalue weighted by molar-refractivity contribution is 5.93. The van der Waals surface area contributed by atoms with Crippen LogP contribution in [0, 0.1) is 0 Å². The standard InChI is InChI=1S/C13H11NO2/c15-13(16)9-5-3-7-11-12(9)8-4-1-2-6-10(8)14-11/h1-4,6-7,9,14H,5H2,(H,15,16). The average molecular weight is 213 g/mol. The zero-order valence-corrected chi connectivity index (χ0v) is 8.60. The Morgan fingerprint density at radius 3 is 3.00 bits per heavy atom. The van der Waals surface area contributed by atoms with Crippen LogP contribution >= 0.6 is 0 Å². The molecule has 0 fully saturated rings. The van der Waals surface area contributed by atoms with Gasteiger partial charge in [-0.15, -0.1) is 0 Å². The molecule has 0 saturated heterocycles. The van der Waals surface area contributed by atoms with Gasteiger partial charge in [0.1, 0.15) is 0 Å². The van der Waals surface area contributed by atoms with Crippen LogP contribution in [0.3, 0.4) is 0 Å². The van der Waals surface area contributed by atoms with Crippen LogP contribution in [-0.2, 0) is 4.79 Å². The normalized spacial score (nSPS) is 18.6. The molecule has 0 aliphatic heterocycles. The molecule has 1 aromatic heterocycles. The number of benzene rings is 1. The van der Waals surface area contributed by atoms with E-state index in [1.807, 2.05) is 36.4 Å². The van der Waals surface area contributed by atoms with E-state index in [0.717, 1.165) is 22.2 Å². The summed E-state index contributed by atoms with van der Waals surface area (Å²) in [7, 11) is 0. The van der Waals surface area contributed by atoms with Crippen LogP contribution in [0.5, 0.6) is 0 Å². The number of aliphatic carboxylic acids is 1. The first kappa shape index (κ1) is 9.21. The van der Waals surface area contributed by atoms with Gasteiger partial charge in [-0.25, -0.2) is 0 Å². The molecule has 16 heavy (non-hydrogen) atoms. The Balaban J connectivity index is 2.33. The highest BCUT2D eigenvalue weighted by Crippen LogP contribution is 2.35. The van der Waals surface area contributed by atoms with Gasteiger partial charge in [0.2, 0.25) is 0 Å². The lowest BCUT2D eigenvalue weighted by molar-refractivity contribution is -0.138. The number of carboxylic acid groups (broad SMARTS) is 1. The van der Waals surface area contributed by atoms with Crippen molar-refractivity contribution in [1.29, 1.82) is 0 Å². The van der Waals surface area contributed by atoms with Crippen molar-refractivity contribution in [1.82, 2.24) is 4.98 Å². The van der Waals surface area contributed by atoms with Crippen molar-refractivity contribution in [3.05, 3.63) is 41.6 Å². The number of rotatable bonds is 1. The lowest BCUT2D eigenvalue weighted by atomic mass is 9.89. The Kier molecular flexibility index (Phi) is 1.86. The third-order valence-corrected chi connectivity index (χ3v) is 3.08. The van der Waals surface area contributed by atoms with Gasteiger partial charge in [-0.05, 0) is 24.1 Å². The first-order chi connectivity index (χ1) is 7.77. The van der Waals surface area contributed by atoms with Gasteiger partial charge < -0.3 is 10.1 Å². The van der Waals surface area contributed by atoms with Crippen LogP contribution in [0.15, 0.2) is 30.3 Å². The summed E-state index contributed by atoms with van der Waals surface area (Å²) >= 11 is 0. The third kappa shape index (κ3) is 1.18. The predicted octanol–water partition coefficient (Wildman–Crippen LogP) is 2.75. The SMILES string of the molecule is O=C(O)C1CC=Cc2[nH]c3ccccc3c21. The van der Waals surface area contributed by atoms with Crippen molar-refractivity contribution < 1.29 is 9.90 Å². The number of H-pyrrole nitrogens is 1. The van der Waals surface area contributed by atoms with E-state index in [2.05, 4.69) is 4.98 Å². The molecule has 1 aromatic carbocycles. The van der Waals surface area contributed by atoms with Crippen LogP contribution in [0.4, 0.5) is 0 Å². The van der Waals surface area contributed by atoms with E-state index in [9.17, 15) is 9.90 Å². The fourth-order valence-corrected chi connectivity index (χ4v) is 2.36. The van der Waals surface area contributed by atoms with Crippen LogP contribution in [0.2, 0.25) is 0 Å². The van der Waals surface area contributed by atoms with E-state index in [0.29, 0.717) is 6.42 Å². The summed E-state index contributed by atoms with van der Waals surface area (Å²) < 4.78 is 0. The number of hydrogen-bond donors (Lipinski definition) is 2. The third-order valence-electron chi connectivity index (χ3n) is 3.08. The molecule has 3 rings (SSSR count). The number of carboxylic acids is 1. The minimum absolute atomic E-state index is 0.420. The monoisotopic (exact) mass is 213 g/mol. The van der Waals surface area contributed by atoms with Crippen LogP contribution in [-0.4, -0.2) is 16.1 Å². The Labute approximate surface area is 92.4 Å². The van der Waals surface area contributed by atoms with Crippen molar-refractivity contribution in [3.63, 3.8) is 0 Å². The molecule has 1 aliphatic rings. The summed E-state index contributed by atoms with van der Waals surface area (Å²) in [4.78, 5) is 14.5. The minimum atomic E-state index is -0.754. The number of hydrogen-bond acceptors (Lipinski definition) is 1. The number of aromatic amines is 1. The second kappa shape index (κ2) is 3.23. The molecule has 0 spiro atoms. The maximum atomic E-state index is 11.2. The Bertz CT molecular complexity index is 595. The summed E-state index contributed by atoms with van der Waals surface area (Å²) in [5.74, 6) is -1.17. The first-order valence-corrected chi connectivity index (χ1v) is 5.27. The molecule has 0 saturated carbocycles. The second-order valence-electron chi connectivity index (χ2n) is 4.03. The molecule has 80 valence electrons. The van der Waals surface area contributed by atoms with E-state index in [1.54, 1.807) is 0 Å². The number of para-hydroxylation sites is 1. The maximum Gasteiger partial charge on any atom is 0.311 e. The van der Waals surface area contributed by atoms with Gasteiger partial charge >= 0.3 is 5.97 Å². The highest BCUT2D eigenvalue weighted by atomic mass is 16.4. The van der Waals surface area contributed by atoms with Gasteiger partial charge in [-0.1, -0.05) is 24.3 Å². The summed E-state index contributed by atoms with van der Waals surface area (Å²) in [5.41, 5.74) is 2.86. The Morgan fingerprint density at radius 2 is 2.19 bits per heavy atom. The second-order valence-corrected chi connectivity index (χ2v) is 4.03. The van der Waals surface area contributed by atoms with Crippen LogP contribution in [0.1, 0.15) is 23.6 Å². The van der Waals surface area contributed by atoms with E-state index < -0.39 is 11.9 Å². The average Bonchev–Trinajstić information content (AvgIpc) is 2.66. The van der Waals surface area contributed by atoms with Crippen molar-refractivity contribution in [2.75, 3.05) is 0 Å². The fourth-order valence-electron chi connectivity index (χ4n) is 2.36. The smallest absolute Gasteiger partial charge is 0.311 e. The maximum absolute atomic E-state index is 11.2. The quantitative estimate of drug-likeness (QED) is 0.765. The molecule has 1 heterocycles. The van der Waals surface area contributed by atoms with Crippen molar-refractivity contribution in [2.24, 2.45) is 0 Å². The van der Waals surface area contributed by atoms with Crippen molar-refractivity contribution in [3.8, 4) is 0 Å². The molecular formula is C13H11NO2. The summed E-state index contributed by atoms with van der Waals surface area (Å²) in [6.07, 6.45) is 4.45. The lowest BCUT2D eigenvalue weighted by Crippen LogP contribution is -2.13. The molecule has 3 heteroatoms. The number of carbonyl (C=O) groups is 1. The van der Waals surface area contributed by atoms with E-state index in [-0.39, 0.29) is 0 Å². The van der Waals surface area contributed by atoms with E-state index in [4.69, 9.17) is 0 Å². The molecule has 1 unspecified atom stereocenters. The molecule has 2 aromatic rings. The van der Waals surface area contributed by atoms with Gasteiger partial charge in [-0.2, -0.15) is 0 Å². The lowest BCUT2D eigenvalue weighted by Gasteiger charge is -2.14. The van der Waals surface area contributed by atoms with Gasteiger partial charge in [0, 0.05) is 16.6 Å². The minimum Gasteiger partial charge on any atom is -0.481 e. The summed E-state index contributed by atoms with van der Waals surface area (Å²) in [5, 5.41) is 10.2. The topological polar surface area (TPSA) is 53.1 Å². The van der Waals surface area contributed by atoms with Crippen LogP contribution < -0.4 is 0 Å². The molecule has 1 atom stereocenters. The van der Waals surface area contributed by atoms with E-state index >= 15 is 0 Å². The zero-order chi connectivity index (χ0) is 11.1. The zero-order valence-electron chi connectivity index (χ0n) is 8.60. The van der Waals surface area contributed by atoms with Gasteiger partial charge in [-0.3, -0.25) is 4.79 Å². The number of nitrogens with one attached hydrogen (secondary N) is 1. The Morgan fingerprint density at radius 1 is 1.38 bits per heavy atom. The largest absolute Gasteiger partial charge is 0.481 e. The highest BCUT2D eigenvalue weighted by Gasteiger charge is 2.26. The van der Waals surface area contributed by atoms with E-state index in [1.165, 1.54) is 0 Å². The number of fused-ring (bicyclic) bond motifs is 3. The van der Waals surface area contributed by atoms with Gasteiger partial charge in [0.15, 0.2) is 0 Å². The van der Waals surface area contributed by atoms with Crippen molar-refractivity contribution >= 4 is 22.9 Å². The molecule has 2 N–H and O–H groups in total. The molecular weight excluding hydrogens is 202 g/mol. The molecule has 0 radical (unpaired) electrons. The van der Waals surface area contributed by atoms with Crippen LogP contribution in [0.25, 0.3) is 17.0 Å². The van der Waals surface area contributed by atoms with Gasteiger partial charge in [0.25, 0.3) is 0 Å². The molecule has 0 bridgehead atoms. The number of allylic oxidation sites excluding steroid dienone is 1.